The molecule has 4 nitrogen and oxygen atoms in total. The quantitative estimate of drug-likeness (QED) is 0.891. The highest BCUT2D eigenvalue weighted by Crippen LogP contribution is 2.22. The molecule has 2 heterocycles. The summed E-state index contributed by atoms with van der Waals surface area (Å²) in [7, 11) is -3.16. The van der Waals surface area contributed by atoms with Gasteiger partial charge in [-0.05, 0) is 35.6 Å². The number of pyridine rings is 1. The van der Waals surface area contributed by atoms with Gasteiger partial charge in [0.05, 0.1) is 16.3 Å². The highest BCUT2D eigenvalue weighted by Gasteiger charge is 2.08. The molecule has 0 spiro atoms. The summed E-state index contributed by atoms with van der Waals surface area (Å²) in [5.74, 6) is 0.163. The number of thiophene rings is 1. The second-order valence-electron chi connectivity index (χ2n) is 4.17. The Balaban J connectivity index is 2.08. The summed E-state index contributed by atoms with van der Waals surface area (Å²) in [5.41, 5.74) is 1.79. The Morgan fingerprint density at radius 2 is 2.21 bits per heavy atom. The first kappa shape index (κ1) is 14.2. The molecule has 0 bridgehead atoms. The molecule has 0 saturated heterocycles. The monoisotopic (exact) mass is 296 g/mol. The zero-order valence-corrected chi connectivity index (χ0v) is 12.3. The minimum absolute atomic E-state index is 0.163. The van der Waals surface area contributed by atoms with Gasteiger partial charge in [-0.25, -0.2) is 13.1 Å². The van der Waals surface area contributed by atoms with E-state index >= 15 is 0 Å². The van der Waals surface area contributed by atoms with Crippen molar-refractivity contribution in [3.05, 3.63) is 41.4 Å². The van der Waals surface area contributed by atoms with Crippen LogP contribution in [0, 0.1) is 0 Å². The molecule has 0 unspecified atom stereocenters. The number of nitrogens with zero attached hydrogens (tertiary/aromatic N) is 1. The maximum absolute atomic E-state index is 11.6. The lowest BCUT2D eigenvalue weighted by Gasteiger charge is -2.06. The molecule has 2 aromatic rings. The van der Waals surface area contributed by atoms with E-state index in [-0.39, 0.29) is 5.75 Å². The van der Waals surface area contributed by atoms with Crippen LogP contribution in [0.25, 0.3) is 10.6 Å². The van der Waals surface area contributed by atoms with Crippen molar-refractivity contribution in [1.82, 2.24) is 9.71 Å². The average Bonchev–Trinajstić information content (AvgIpc) is 2.91. The van der Waals surface area contributed by atoms with Crippen LogP contribution in [0.3, 0.4) is 0 Å². The molecular weight excluding hydrogens is 280 g/mol. The lowest BCUT2D eigenvalue weighted by Crippen LogP contribution is -2.25. The minimum Gasteiger partial charge on any atom is -0.255 e. The van der Waals surface area contributed by atoms with Gasteiger partial charge in [0.2, 0.25) is 10.0 Å². The summed E-state index contributed by atoms with van der Waals surface area (Å²) < 4.78 is 25.8. The van der Waals surface area contributed by atoms with Crippen molar-refractivity contribution >= 4 is 21.4 Å². The van der Waals surface area contributed by atoms with Crippen molar-refractivity contribution in [2.75, 3.05) is 5.75 Å². The number of sulfonamides is 1. The van der Waals surface area contributed by atoms with E-state index in [1.165, 1.54) is 0 Å². The normalized spacial score (nSPS) is 11.6. The average molecular weight is 296 g/mol. The first-order valence-corrected chi connectivity index (χ1v) is 8.60. The van der Waals surface area contributed by atoms with Gasteiger partial charge in [-0.3, -0.25) is 4.98 Å². The third-order valence-corrected chi connectivity index (χ3v) is 4.99. The van der Waals surface area contributed by atoms with Crippen LogP contribution in [0.1, 0.15) is 18.9 Å². The molecule has 1 N–H and O–H groups in total. The van der Waals surface area contributed by atoms with Crippen LogP contribution in [0.2, 0.25) is 0 Å². The molecule has 6 heteroatoms. The van der Waals surface area contributed by atoms with Gasteiger partial charge in [0, 0.05) is 12.7 Å². The third-order valence-electron chi connectivity index (χ3n) is 2.57. The van der Waals surface area contributed by atoms with Gasteiger partial charge in [0.15, 0.2) is 0 Å². The lowest BCUT2D eigenvalue weighted by molar-refractivity contribution is 0.580. The van der Waals surface area contributed by atoms with Crippen LogP contribution in [0.4, 0.5) is 0 Å². The Bertz CT molecular complexity index is 622. The van der Waals surface area contributed by atoms with E-state index in [1.807, 2.05) is 36.6 Å². The van der Waals surface area contributed by atoms with Gasteiger partial charge < -0.3 is 0 Å². The zero-order chi connectivity index (χ0) is 13.7. The molecule has 2 aromatic heterocycles. The van der Waals surface area contributed by atoms with Crippen molar-refractivity contribution in [2.24, 2.45) is 0 Å². The Morgan fingerprint density at radius 1 is 1.37 bits per heavy atom. The summed E-state index contributed by atoms with van der Waals surface area (Å²) in [5, 5.41) is 1.99. The summed E-state index contributed by atoms with van der Waals surface area (Å²) in [6.45, 7) is 2.16. The molecule has 102 valence electrons. The Kier molecular flexibility index (Phi) is 4.68. The molecular formula is C13H16N2O2S2. The van der Waals surface area contributed by atoms with E-state index in [1.54, 1.807) is 17.5 Å². The molecule has 0 aromatic carbocycles. The van der Waals surface area contributed by atoms with Crippen LogP contribution < -0.4 is 4.72 Å². The van der Waals surface area contributed by atoms with E-state index in [0.717, 1.165) is 16.1 Å². The largest absolute Gasteiger partial charge is 0.255 e. The SMILES string of the molecule is CCCS(=O)(=O)NCc1ccnc(-c2cccs2)c1. The van der Waals surface area contributed by atoms with Crippen molar-refractivity contribution < 1.29 is 8.42 Å². The van der Waals surface area contributed by atoms with Crippen molar-refractivity contribution in [2.45, 2.75) is 19.9 Å². The van der Waals surface area contributed by atoms with Gasteiger partial charge in [-0.2, -0.15) is 0 Å². The van der Waals surface area contributed by atoms with Gasteiger partial charge in [-0.15, -0.1) is 11.3 Å². The Labute approximate surface area is 117 Å². The van der Waals surface area contributed by atoms with Crippen LogP contribution in [0.5, 0.6) is 0 Å². The number of nitrogens with one attached hydrogen (secondary N) is 1. The summed E-state index contributed by atoms with van der Waals surface area (Å²) >= 11 is 1.62. The number of hydrogen-bond donors (Lipinski definition) is 1. The molecule has 0 radical (unpaired) electrons. The first-order chi connectivity index (χ1) is 9.11. The van der Waals surface area contributed by atoms with Crippen molar-refractivity contribution in [3.8, 4) is 10.6 Å². The van der Waals surface area contributed by atoms with Gasteiger partial charge in [0.1, 0.15) is 0 Å². The predicted octanol–water partition coefficient (Wildman–Crippen LogP) is 2.64. The van der Waals surface area contributed by atoms with E-state index in [9.17, 15) is 8.42 Å². The predicted molar refractivity (Wildman–Crippen MR) is 78.5 cm³/mol. The van der Waals surface area contributed by atoms with E-state index in [0.29, 0.717) is 13.0 Å². The van der Waals surface area contributed by atoms with Crippen molar-refractivity contribution in [3.63, 3.8) is 0 Å². The fraction of sp³-hybridized carbons (Fsp3) is 0.308. The van der Waals surface area contributed by atoms with Crippen LogP contribution >= 0.6 is 11.3 Å². The fourth-order valence-corrected chi connectivity index (χ4v) is 3.44. The highest BCUT2D eigenvalue weighted by molar-refractivity contribution is 7.89. The molecule has 0 atom stereocenters. The van der Waals surface area contributed by atoms with Gasteiger partial charge in [-0.1, -0.05) is 13.0 Å². The zero-order valence-electron chi connectivity index (χ0n) is 10.7. The smallest absolute Gasteiger partial charge is 0.211 e. The molecule has 0 saturated carbocycles. The van der Waals surface area contributed by atoms with Crippen LogP contribution in [-0.4, -0.2) is 19.2 Å². The van der Waals surface area contributed by atoms with Crippen LogP contribution in [0.15, 0.2) is 35.8 Å². The minimum atomic E-state index is -3.16. The summed E-state index contributed by atoms with van der Waals surface area (Å²) in [6, 6.07) is 7.71. The number of rotatable bonds is 6. The van der Waals surface area contributed by atoms with E-state index < -0.39 is 10.0 Å². The summed E-state index contributed by atoms with van der Waals surface area (Å²) in [4.78, 5) is 5.38. The third kappa shape index (κ3) is 4.12. The first-order valence-electron chi connectivity index (χ1n) is 6.07. The van der Waals surface area contributed by atoms with E-state index in [4.69, 9.17) is 0 Å². The molecule has 19 heavy (non-hydrogen) atoms. The lowest BCUT2D eigenvalue weighted by atomic mass is 10.2. The number of aromatic nitrogens is 1. The molecule has 2 rings (SSSR count). The molecule has 0 fully saturated rings. The maximum atomic E-state index is 11.6. The van der Waals surface area contributed by atoms with Crippen molar-refractivity contribution in [1.29, 1.82) is 0 Å². The molecule has 0 aliphatic heterocycles. The highest BCUT2D eigenvalue weighted by atomic mass is 32.2. The molecule has 0 aliphatic carbocycles. The topological polar surface area (TPSA) is 59.1 Å². The maximum Gasteiger partial charge on any atom is 0.211 e. The number of hydrogen-bond acceptors (Lipinski definition) is 4. The van der Waals surface area contributed by atoms with Crippen LogP contribution in [-0.2, 0) is 16.6 Å². The standard InChI is InChI=1S/C13H16N2O2S2/c1-2-8-19(16,17)15-10-11-5-6-14-12(9-11)13-4-3-7-18-13/h3-7,9,15H,2,8,10H2,1H3. The van der Waals surface area contributed by atoms with Gasteiger partial charge >= 0.3 is 0 Å². The van der Waals surface area contributed by atoms with Gasteiger partial charge in [0.25, 0.3) is 0 Å². The Morgan fingerprint density at radius 3 is 2.89 bits per heavy atom. The van der Waals surface area contributed by atoms with E-state index in [2.05, 4.69) is 9.71 Å². The fourth-order valence-electron chi connectivity index (χ4n) is 1.68. The second kappa shape index (κ2) is 6.27. The summed E-state index contributed by atoms with van der Waals surface area (Å²) in [6.07, 6.45) is 2.32. The molecule has 0 amide bonds. The molecule has 0 aliphatic rings. The Hall–Kier alpha value is -1.24. The second-order valence-corrected chi connectivity index (χ2v) is 7.04.